The molecule has 0 unspecified atom stereocenters. The van der Waals surface area contributed by atoms with Crippen LogP contribution in [0.2, 0.25) is 0 Å². The molecular formula is C11H11N3O2. The van der Waals surface area contributed by atoms with Crippen LogP contribution in [-0.2, 0) is 0 Å². The summed E-state index contributed by atoms with van der Waals surface area (Å²) in [5, 5.41) is 9.41. The van der Waals surface area contributed by atoms with Gasteiger partial charge in [0.1, 0.15) is 11.4 Å². The lowest BCUT2D eigenvalue weighted by molar-refractivity contribution is 0.445. The summed E-state index contributed by atoms with van der Waals surface area (Å²) in [5.74, 6) is 0.724. The van der Waals surface area contributed by atoms with Gasteiger partial charge in [-0.1, -0.05) is 6.07 Å². The van der Waals surface area contributed by atoms with Gasteiger partial charge in [-0.25, -0.2) is 4.98 Å². The number of anilines is 1. The number of rotatable bonds is 2. The van der Waals surface area contributed by atoms with Crippen molar-refractivity contribution in [2.24, 2.45) is 0 Å². The fourth-order valence-electron chi connectivity index (χ4n) is 1.22. The van der Waals surface area contributed by atoms with E-state index in [9.17, 15) is 5.11 Å². The quantitative estimate of drug-likeness (QED) is 0.592. The van der Waals surface area contributed by atoms with Crippen LogP contribution >= 0.6 is 0 Å². The lowest BCUT2D eigenvalue weighted by atomic mass is 10.3. The topological polar surface area (TPSA) is 81.3 Å². The van der Waals surface area contributed by atoms with Crippen molar-refractivity contribution in [3.05, 3.63) is 36.3 Å². The molecule has 0 aliphatic heterocycles. The van der Waals surface area contributed by atoms with Crippen LogP contribution in [0.1, 0.15) is 5.69 Å². The number of phenolic OH excluding ortho intramolecular Hbond substituents is 1. The number of ether oxygens (including phenoxy) is 1. The summed E-state index contributed by atoms with van der Waals surface area (Å²) >= 11 is 0. The van der Waals surface area contributed by atoms with Crippen LogP contribution in [0.4, 0.5) is 5.69 Å². The van der Waals surface area contributed by atoms with Crippen LogP contribution in [0, 0.1) is 6.92 Å². The van der Waals surface area contributed by atoms with Crippen LogP contribution in [-0.4, -0.2) is 15.1 Å². The van der Waals surface area contributed by atoms with E-state index in [0.29, 0.717) is 17.3 Å². The van der Waals surface area contributed by atoms with E-state index in [1.807, 2.05) is 0 Å². The number of benzene rings is 1. The van der Waals surface area contributed by atoms with Gasteiger partial charge in [-0.2, -0.15) is 0 Å². The third kappa shape index (κ3) is 1.88. The monoisotopic (exact) mass is 217 g/mol. The standard InChI is InChI=1S/C11H11N3O2/c1-7-11(14-6-5-13-7)16-9-4-2-3-8(15)10(9)12/h2-6,15H,12H2,1H3. The van der Waals surface area contributed by atoms with Crippen molar-refractivity contribution in [2.45, 2.75) is 6.92 Å². The maximum atomic E-state index is 9.41. The first-order valence-electron chi connectivity index (χ1n) is 4.71. The van der Waals surface area contributed by atoms with Crippen molar-refractivity contribution in [3.8, 4) is 17.4 Å². The first-order chi connectivity index (χ1) is 7.68. The molecule has 0 amide bonds. The number of phenols is 1. The lowest BCUT2D eigenvalue weighted by Gasteiger charge is -2.09. The third-order valence-electron chi connectivity index (χ3n) is 2.09. The summed E-state index contributed by atoms with van der Waals surface area (Å²) in [6.07, 6.45) is 3.11. The zero-order valence-electron chi connectivity index (χ0n) is 8.71. The Balaban J connectivity index is 2.35. The first-order valence-corrected chi connectivity index (χ1v) is 4.71. The number of para-hydroxylation sites is 1. The number of nitrogen functional groups attached to an aromatic ring is 1. The molecule has 1 aromatic heterocycles. The molecule has 1 aromatic carbocycles. The second kappa shape index (κ2) is 4.06. The number of nitrogens with zero attached hydrogens (tertiary/aromatic N) is 2. The third-order valence-corrected chi connectivity index (χ3v) is 2.09. The van der Waals surface area contributed by atoms with Gasteiger partial charge in [0.15, 0.2) is 5.75 Å². The fourth-order valence-corrected chi connectivity index (χ4v) is 1.22. The van der Waals surface area contributed by atoms with E-state index < -0.39 is 0 Å². The van der Waals surface area contributed by atoms with Gasteiger partial charge in [-0.05, 0) is 19.1 Å². The molecular weight excluding hydrogens is 206 g/mol. The minimum Gasteiger partial charge on any atom is -0.506 e. The van der Waals surface area contributed by atoms with Crippen molar-refractivity contribution in [1.82, 2.24) is 9.97 Å². The van der Waals surface area contributed by atoms with E-state index in [2.05, 4.69) is 9.97 Å². The number of hydrogen-bond acceptors (Lipinski definition) is 5. The molecule has 5 heteroatoms. The number of aryl methyl sites for hydroxylation is 1. The normalized spacial score (nSPS) is 10.1. The van der Waals surface area contributed by atoms with Gasteiger partial charge >= 0.3 is 0 Å². The molecule has 0 saturated carbocycles. The van der Waals surface area contributed by atoms with E-state index in [-0.39, 0.29) is 11.4 Å². The SMILES string of the molecule is Cc1nccnc1Oc1cccc(O)c1N. The second-order valence-electron chi connectivity index (χ2n) is 3.24. The van der Waals surface area contributed by atoms with Gasteiger partial charge in [-0.15, -0.1) is 0 Å². The Hall–Kier alpha value is -2.30. The lowest BCUT2D eigenvalue weighted by Crippen LogP contribution is -1.96. The Labute approximate surface area is 92.5 Å². The molecule has 0 fully saturated rings. The minimum atomic E-state index is -0.0148. The van der Waals surface area contributed by atoms with Crippen molar-refractivity contribution in [3.63, 3.8) is 0 Å². The van der Waals surface area contributed by atoms with Gasteiger partial charge in [0.05, 0.1) is 5.69 Å². The maximum Gasteiger partial charge on any atom is 0.240 e. The predicted molar refractivity (Wildman–Crippen MR) is 59.4 cm³/mol. The maximum absolute atomic E-state index is 9.41. The highest BCUT2D eigenvalue weighted by molar-refractivity contribution is 5.62. The Bertz CT molecular complexity index is 514. The van der Waals surface area contributed by atoms with Gasteiger partial charge in [-0.3, -0.25) is 4.98 Å². The summed E-state index contributed by atoms with van der Waals surface area (Å²) in [4.78, 5) is 8.06. The second-order valence-corrected chi connectivity index (χ2v) is 3.24. The molecule has 1 heterocycles. The highest BCUT2D eigenvalue weighted by Gasteiger charge is 2.08. The molecule has 0 aliphatic rings. The molecule has 0 saturated heterocycles. The fraction of sp³-hybridized carbons (Fsp3) is 0.0909. The molecule has 0 bridgehead atoms. The van der Waals surface area contributed by atoms with Gasteiger partial charge in [0, 0.05) is 12.4 Å². The molecule has 3 N–H and O–H groups in total. The number of nitrogens with two attached hydrogens (primary N) is 1. The molecule has 0 spiro atoms. The van der Waals surface area contributed by atoms with E-state index in [1.54, 1.807) is 25.3 Å². The summed E-state index contributed by atoms with van der Waals surface area (Å²) in [5.41, 5.74) is 6.50. The highest BCUT2D eigenvalue weighted by Crippen LogP contribution is 2.33. The van der Waals surface area contributed by atoms with E-state index >= 15 is 0 Å². The van der Waals surface area contributed by atoms with Crippen molar-refractivity contribution >= 4 is 5.69 Å². The molecule has 5 nitrogen and oxygen atoms in total. The summed E-state index contributed by atoms with van der Waals surface area (Å²) in [7, 11) is 0. The smallest absolute Gasteiger partial charge is 0.240 e. The summed E-state index contributed by atoms with van der Waals surface area (Å²) < 4.78 is 5.46. The molecule has 0 aliphatic carbocycles. The molecule has 0 atom stereocenters. The van der Waals surface area contributed by atoms with Crippen LogP contribution in [0.15, 0.2) is 30.6 Å². The van der Waals surface area contributed by atoms with Crippen molar-refractivity contribution in [1.29, 1.82) is 0 Å². The summed E-state index contributed by atoms with van der Waals surface area (Å²) in [6, 6.07) is 4.79. The molecule has 82 valence electrons. The number of hydrogen-bond donors (Lipinski definition) is 2. The molecule has 0 radical (unpaired) electrons. The number of aromatic hydroxyl groups is 1. The Morgan fingerprint density at radius 1 is 1.25 bits per heavy atom. The average molecular weight is 217 g/mol. The van der Waals surface area contributed by atoms with Gasteiger partial charge in [0.2, 0.25) is 5.88 Å². The largest absolute Gasteiger partial charge is 0.506 e. The van der Waals surface area contributed by atoms with Crippen molar-refractivity contribution in [2.75, 3.05) is 5.73 Å². The Kier molecular flexibility index (Phi) is 2.59. The van der Waals surface area contributed by atoms with Gasteiger partial charge in [0.25, 0.3) is 0 Å². The zero-order chi connectivity index (χ0) is 11.5. The molecule has 16 heavy (non-hydrogen) atoms. The van der Waals surface area contributed by atoms with Crippen LogP contribution in [0.3, 0.4) is 0 Å². The van der Waals surface area contributed by atoms with Crippen molar-refractivity contribution < 1.29 is 9.84 Å². The van der Waals surface area contributed by atoms with Crippen LogP contribution < -0.4 is 10.5 Å². The van der Waals surface area contributed by atoms with Gasteiger partial charge < -0.3 is 15.6 Å². The van der Waals surface area contributed by atoms with E-state index in [4.69, 9.17) is 10.5 Å². The summed E-state index contributed by atoms with van der Waals surface area (Å²) in [6.45, 7) is 1.78. The average Bonchev–Trinajstić information content (AvgIpc) is 2.28. The van der Waals surface area contributed by atoms with Crippen LogP contribution in [0.5, 0.6) is 17.4 Å². The Morgan fingerprint density at radius 3 is 2.75 bits per heavy atom. The Morgan fingerprint density at radius 2 is 2.00 bits per heavy atom. The molecule has 2 aromatic rings. The zero-order valence-corrected chi connectivity index (χ0v) is 8.71. The predicted octanol–water partition coefficient (Wildman–Crippen LogP) is 1.87. The minimum absolute atomic E-state index is 0.0148. The molecule has 2 rings (SSSR count). The van der Waals surface area contributed by atoms with E-state index in [1.165, 1.54) is 12.3 Å². The highest BCUT2D eigenvalue weighted by atomic mass is 16.5. The first kappa shape index (κ1) is 10.2. The van der Waals surface area contributed by atoms with Crippen LogP contribution in [0.25, 0.3) is 0 Å². The number of aromatic nitrogens is 2. The van der Waals surface area contributed by atoms with E-state index in [0.717, 1.165) is 0 Å².